The van der Waals surface area contributed by atoms with E-state index in [1.807, 2.05) is 0 Å². The third-order valence-corrected chi connectivity index (χ3v) is 1.60. The van der Waals surface area contributed by atoms with Crippen LogP contribution in [0, 0.1) is 0 Å². The minimum absolute atomic E-state index is 0. The van der Waals surface area contributed by atoms with Gasteiger partial charge in [0, 0.05) is 27.4 Å². The predicted octanol–water partition coefficient (Wildman–Crippen LogP) is 2.53. The molecule has 0 unspecified atom stereocenters. The first-order chi connectivity index (χ1) is 5.24. The number of hydrogen-bond donors (Lipinski definition) is 0. The maximum atomic E-state index is 9.90. The minimum Gasteiger partial charge on any atom is -0.427 e. The summed E-state index contributed by atoms with van der Waals surface area (Å²) in [6.45, 7) is 0.315. The van der Waals surface area contributed by atoms with Crippen molar-refractivity contribution in [2.45, 2.75) is 0 Å². The van der Waals surface area contributed by atoms with Crippen molar-refractivity contribution in [1.29, 1.82) is 0 Å². The van der Waals surface area contributed by atoms with Gasteiger partial charge in [0.25, 0.3) is 6.47 Å². The molecule has 0 aliphatic carbocycles. The van der Waals surface area contributed by atoms with Gasteiger partial charge in [-0.2, -0.15) is 0 Å². The Hall–Kier alpha value is 0.0103. The quantitative estimate of drug-likeness (QED) is 0.619. The summed E-state index contributed by atoms with van der Waals surface area (Å²) in [5.74, 6) is 0.311. The molecule has 0 atom stereocenters. The van der Waals surface area contributed by atoms with Crippen LogP contribution in [-0.2, 0) is 27.2 Å². The van der Waals surface area contributed by atoms with Crippen LogP contribution >= 0.6 is 23.2 Å². The molecule has 0 aliphatic heterocycles. The fourth-order valence-electron chi connectivity index (χ4n) is 0.623. The van der Waals surface area contributed by atoms with Crippen molar-refractivity contribution in [1.82, 2.24) is 0 Å². The van der Waals surface area contributed by atoms with Gasteiger partial charge < -0.3 is 4.74 Å². The second kappa shape index (κ2) is 5.62. The molecular weight excluding hydrogens is 295 g/mol. The van der Waals surface area contributed by atoms with Crippen LogP contribution in [0.3, 0.4) is 0 Å². The van der Waals surface area contributed by atoms with Crippen molar-refractivity contribution in [3.63, 3.8) is 0 Å². The van der Waals surface area contributed by atoms with Crippen LogP contribution in [0.1, 0.15) is 0 Å². The summed E-state index contributed by atoms with van der Waals surface area (Å²) in [5, 5.41) is 0.831. The van der Waals surface area contributed by atoms with E-state index >= 15 is 0 Å². The zero-order valence-corrected chi connectivity index (χ0v) is 8.68. The topological polar surface area (TPSA) is 26.3 Å². The molecule has 2 nitrogen and oxygen atoms in total. The van der Waals surface area contributed by atoms with Gasteiger partial charge in [0.1, 0.15) is 5.75 Å². The molecule has 12 heavy (non-hydrogen) atoms. The summed E-state index contributed by atoms with van der Waals surface area (Å²) in [6.07, 6.45) is 0. The molecule has 0 spiro atoms. The first-order valence-electron chi connectivity index (χ1n) is 2.79. The van der Waals surface area contributed by atoms with E-state index in [9.17, 15) is 4.79 Å². The summed E-state index contributed by atoms with van der Waals surface area (Å²) < 4.78 is 4.52. The molecule has 0 N–H and O–H groups in total. The number of carbonyl (C=O) groups is 1. The molecule has 0 saturated carbocycles. The second-order valence-corrected chi connectivity index (χ2v) is 2.63. The van der Waals surface area contributed by atoms with Crippen molar-refractivity contribution in [2.24, 2.45) is 0 Å². The van der Waals surface area contributed by atoms with Gasteiger partial charge >= 0.3 is 0 Å². The van der Waals surface area contributed by atoms with Crippen LogP contribution in [-0.4, -0.2) is 6.47 Å². The first-order valence-corrected chi connectivity index (χ1v) is 3.55. The Balaban J connectivity index is 0.00000121. The summed E-state index contributed by atoms with van der Waals surface area (Å²) in [7, 11) is 0. The Morgan fingerprint density at radius 1 is 1.33 bits per heavy atom. The SMILES string of the molecule is O=COc1ccc(Cl)cc1Cl.[Ag]. The monoisotopic (exact) mass is 297 g/mol. The Morgan fingerprint density at radius 3 is 2.50 bits per heavy atom. The first kappa shape index (κ1) is 12.0. The molecule has 0 heterocycles. The Morgan fingerprint density at radius 2 is 2.00 bits per heavy atom. The number of halogens is 2. The average molecular weight is 299 g/mol. The number of hydrogen-bond acceptors (Lipinski definition) is 2. The molecule has 0 aromatic heterocycles. The Bertz CT molecular complexity index is 278. The largest absolute Gasteiger partial charge is 0.427 e. The van der Waals surface area contributed by atoms with E-state index < -0.39 is 0 Å². The van der Waals surface area contributed by atoms with Crippen LogP contribution in [0.25, 0.3) is 0 Å². The van der Waals surface area contributed by atoms with Gasteiger partial charge in [-0.25, -0.2) is 0 Å². The van der Waals surface area contributed by atoms with Crippen LogP contribution in [0.2, 0.25) is 10.0 Å². The molecule has 0 aliphatic rings. The number of ether oxygens (including phenoxy) is 1. The van der Waals surface area contributed by atoms with E-state index in [0.29, 0.717) is 22.3 Å². The molecule has 0 amide bonds. The Kier molecular flexibility index (Phi) is 5.63. The summed E-state index contributed by atoms with van der Waals surface area (Å²) in [5.41, 5.74) is 0. The smallest absolute Gasteiger partial charge is 0.298 e. The van der Waals surface area contributed by atoms with Gasteiger partial charge in [0.05, 0.1) is 5.02 Å². The summed E-state index contributed by atoms with van der Waals surface area (Å²) in [6, 6.07) is 4.62. The van der Waals surface area contributed by atoms with E-state index in [4.69, 9.17) is 23.2 Å². The number of rotatable bonds is 2. The van der Waals surface area contributed by atoms with Crippen LogP contribution in [0.15, 0.2) is 18.2 Å². The fraction of sp³-hybridized carbons (Fsp3) is 0. The van der Waals surface area contributed by atoms with Gasteiger partial charge in [-0.15, -0.1) is 0 Å². The second-order valence-electron chi connectivity index (χ2n) is 1.79. The zero-order valence-electron chi connectivity index (χ0n) is 5.68. The van der Waals surface area contributed by atoms with E-state index in [1.165, 1.54) is 12.1 Å². The van der Waals surface area contributed by atoms with Gasteiger partial charge in [-0.1, -0.05) is 23.2 Å². The van der Waals surface area contributed by atoms with Crippen LogP contribution in [0.5, 0.6) is 5.75 Å². The molecule has 0 bridgehead atoms. The standard InChI is InChI=1S/C7H4Cl2O2.Ag/c8-5-1-2-7(11-4-10)6(9)3-5;/h1-4H;. The van der Waals surface area contributed by atoms with E-state index in [-0.39, 0.29) is 22.4 Å². The third-order valence-electron chi connectivity index (χ3n) is 1.07. The van der Waals surface area contributed by atoms with Crippen molar-refractivity contribution in [2.75, 3.05) is 0 Å². The fourth-order valence-corrected chi connectivity index (χ4v) is 1.08. The van der Waals surface area contributed by atoms with Gasteiger partial charge in [-0.3, -0.25) is 4.79 Å². The molecule has 5 heteroatoms. The van der Waals surface area contributed by atoms with Gasteiger partial charge in [0.2, 0.25) is 0 Å². The molecule has 1 radical (unpaired) electrons. The number of benzene rings is 1. The van der Waals surface area contributed by atoms with Gasteiger partial charge in [-0.05, 0) is 18.2 Å². The van der Waals surface area contributed by atoms with E-state index in [2.05, 4.69) is 4.74 Å². The third kappa shape index (κ3) is 3.17. The average Bonchev–Trinajstić information content (AvgIpc) is 1.95. The van der Waals surface area contributed by atoms with Crippen LogP contribution < -0.4 is 4.74 Å². The van der Waals surface area contributed by atoms with E-state index in [0.717, 1.165) is 0 Å². The van der Waals surface area contributed by atoms with Gasteiger partial charge in [0.15, 0.2) is 0 Å². The normalized spacial score (nSPS) is 8.50. The van der Waals surface area contributed by atoms with Crippen LogP contribution in [0.4, 0.5) is 0 Å². The van der Waals surface area contributed by atoms with Crippen molar-refractivity contribution in [3.8, 4) is 5.75 Å². The molecule has 0 fully saturated rings. The maximum Gasteiger partial charge on any atom is 0.298 e. The number of carbonyl (C=O) groups excluding carboxylic acids is 1. The van der Waals surface area contributed by atoms with Crippen molar-refractivity contribution >= 4 is 29.7 Å². The molecule has 1 aromatic rings. The molecular formula is C7H4AgCl2O2. The summed E-state index contributed by atoms with van der Waals surface area (Å²) >= 11 is 11.2. The molecule has 0 saturated heterocycles. The molecule has 1 rings (SSSR count). The molecule has 1 aromatic carbocycles. The van der Waals surface area contributed by atoms with E-state index in [1.54, 1.807) is 6.07 Å². The van der Waals surface area contributed by atoms with Crippen molar-refractivity contribution < 1.29 is 31.9 Å². The van der Waals surface area contributed by atoms with Crippen molar-refractivity contribution in [3.05, 3.63) is 28.2 Å². The zero-order chi connectivity index (χ0) is 8.27. The predicted molar refractivity (Wildman–Crippen MR) is 43.2 cm³/mol. The minimum atomic E-state index is 0. The maximum absolute atomic E-state index is 9.90. The molecule has 69 valence electrons. The summed E-state index contributed by atoms with van der Waals surface area (Å²) in [4.78, 5) is 9.90. The Labute approximate surface area is 95.3 Å².